The third-order valence-electron chi connectivity index (χ3n) is 3.46. The first-order chi connectivity index (χ1) is 11.6. The molecule has 0 aliphatic carbocycles. The van der Waals surface area contributed by atoms with Gasteiger partial charge >= 0.3 is 0 Å². The zero-order valence-corrected chi connectivity index (χ0v) is 13.5. The summed E-state index contributed by atoms with van der Waals surface area (Å²) in [6.45, 7) is 4.35. The Kier molecular flexibility index (Phi) is 4.57. The standard InChI is InChI=1S/C16H19FN6O/c1-10(2)23-14-13(9-19-15(22-14)18-7-8-24)21-16(23)20-12-6-4-3-5-11(12)17/h3-6,9-10,24H,7-8H2,1-2H3,(H,20,21)(H,18,19,22). The van der Waals surface area contributed by atoms with Crippen LogP contribution in [0.3, 0.4) is 0 Å². The Hall–Kier alpha value is -2.74. The normalized spacial score (nSPS) is 11.2. The molecule has 0 bridgehead atoms. The van der Waals surface area contributed by atoms with Crippen molar-refractivity contribution in [2.45, 2.75) is 19.9 Å². The number of fused-ring (bicyclic) bond motifs is 1. The molecular weight excluding hydrogens is 311 g/mol. The highest BCUT2D eigenvalue weighted by Gasteiger charge is 2.16. The summed E-state index contributed by atoms with van der Waals surface area (Å²) in [6.07, 6.45) is 1.60. The van der Waals surface area contributed by atoms with E-state index in [-0.39, 0.29) is 18.5 Å². The van der Waals surface area contributed by atoms with Crippen LogP contribution < -0.4 is 10.6 Å². The van der Waals surface area contributed by atoms with Crippen LogP contribution in [0.25, 0.3) is 11.2 Å². The first kappa shape index (κ1) is 16.1. The van der Waals surface area contributed by atoms with Gasteiger partial charge in [0.15, 0.2) is 5.65 Å². The fraction of sp³-hybridized carbons (Fsp3) is 0.312. The Morgan fingerprint density at radius 2 is 2.04 bits per heavy atom. The van der Waals surface area contributed by atoms with Gasteiger partial charge in [-0.05, 0) is 26.0 Å². The topological polar surface area (TPSA) is 87.9 Å². The Bertz CT molecular complexity index is 848. The van der Waals surface area contributed by atoms with Crippen molar-refractivity contribution in [1.29, 1.82) is 0 Å². The van der Waals surface area contributed by atoms with Crippen LogP contribution in [-0.2, 0) is 0 Å². The number of hydrogen-bond donors (Lipinski definition) is 3. The van der Waals surface area contributed by atoms with Gasteiger partial charge in [-0.15, -0.1) is 0 Å². The van der Waals surface area contributed by atoms with Crippen molar-refractivity contribution in [2.24, 2.45) is 0 Å². The number of benzene rings is 1. The molecule has 0 radical (unpaired) electrons. The predicted octanol–water partition coefficient (Wildman–Crippen LogP) is 2.69. The predicted molar refractivity (Wildman–Crippen MR) is 91.0 cm³/mol. The number of hydrogen-bond acceptors (Lipinski definition) is 6. The van der Waals surface area contributed by atoms with Gasteiger partial charge in [0, 0.05) is 12.6 Å². The molecule has 8 heteroatoms. The fourth-order valence-electron chi connectivity index (χ4n) is 2.40. The number of halogens is 1. The number of rotatable bonds is 6. The maximum atomic E-state index is 13.9. The van der Waals surface area contributed by atoms with Gasteiger partial charge in [-0.25, -0.2) is 14.4 Å². The van der Waals surface area contributed by atoms with Gasteiger partial charge in [0.2, 0.25) is 11.9 Å². The lowest BCUT2D eigenvalue weighted by Gasteiger charge is -2.14. The Labute approximate surface area is 138 Å². The molecule has 1 aromatic carbocycles. The van der Waals surface area contributed by atoms with Gasteiger partial charge in [-0.2, -0.15) is 4.98 Å². The van der Waals surface area contributed by atoms with Crippen LogP contribution in [0.4, 0.5) is 22.0 Å². The number of aliphatic hydroxyl groups is 1. The van der Waals surface area contributed by atoms with Gasteiger partial charge in [0.25, 0.3) is 0 Å². The van der Waals surface area contributed by atoms with Crippen molar-refractivity contribution in [3.8, 4) is 0 Å². The largest absolute Gasteiger partial charge is 0.395 e. The summed E-state index contributed by atoms with van der Waals surface area (Å²) in [5.74, 6) is 0.561. The van der Waals surface area contributed by atoms with Crippen molar-refractivity contribution in [1.82, 2.24) is 19.5 Å². The number of imidazole rings is 1. The summed E-state index contributed by atoms with van der Waals surface area (Å²) in [5.41, 5.74) is 1.60. The highest BCUT2D eigenvalue weighted by atomic mass is 19.1. The Balaban J connectivity index is 2.04. The summed E-state index contributed by atoms with van der Waals surface area (Å²) in [7, 11) is 0. The summed E-state index contributed by atoms with van der Waals surface area (Å²) >= 11 is 0. The first-order valence-electron chi connectivity index (χ1n) is 7.71. The van der Waals surface area contributed by atoms with Crippen molar-refractivity contribution in [2.75, 3.05) is 23.8 Å². The van der Waals surface area contributed by atoms with E-state index in [1.165, 1.54) is 6.07 Å². The van der Waals surface area contributed by atoms with Crippen LogP contribution in [0.2, 0.25) is 0 Å². The Morgan fingerprint density at radius 3 is 2.75 bits per heavy atom. The van der Waals surface area contributed by atoms with Crippen molar-refractivity contribution in [3.63, 3.8) is 0 Å². The van der Waals surface area contributed by atoms with E-state index in [1.807, 2.05) is 18.4 Å². The zero-order valence-electron chi connectivity index (χ0n) is 13.5. The second-order valence-corrected chi connectivity index (χ2v) is 5.56. The SMILES string of the molecule is CC(C)n1c(Nc2ccccc2F)nc2cnc(NCCO)nc21. The molecule has 24 heavy (non-hydrogen) atoms. The molecule has 2 heterocycles. The molecule has 7 nitrogen and oxygen atoms in total. The monoisotopic (exact) mass is 330 g/mol. The minimum atomic E-state index is -0.351. The number of aliphatic hydroxyl groups excluding tert-OH is 1. The van der Waals surface area contributed by atoms with E-state index in [9.17, 15) is 4.39 Å². The molecule has 0 unspecified atom stereocenters. The summed E-state index contributed by atoms with van der Waals surface area (Å²) < 4.78 is 15.8. The highest BCUT2D eigenvalue weighted by molar-refractivity contribution is 5.76. The van der Waals surface area contributed by atoms with Crippen molar-refractivity contribution >= 4 is 28.7 Å². The molecule has 0 saturated heterocycles. The van der Waals surface area contributed by atoms with Crippen molar-refractivity contribution in [3.05, 3.63) is 36.3 Å². The van der Waals surface area contributed by atoms with Crippen molar-refractivity contribution < 1.29 is 9.50 Å². The van der Waals surface area contributed by atoms with Gasteiger partial charge in [-0.1, -0.05) is 12.1 Å². The van der Waals surface area contributed by atoms with E-state index >= 15 is 0 Å². The zero-order chi connectivity index (χ0) is 17.1. The molecule has 0 aliphatic heterocycles. The highest BCUT2D eigenvalue weighted by Crippen LogP contribution is 2.26. The van der Waals surface area contributed by atoms with Crippen LogP contribution in [0, 0.1) is 5.82 Å². The number of nitrogens with one attached hydrogen (secondary N) is 2. The quantitative estimate of drug-likeness (QED) is 0.644. The van der Waals surface area contributed by atoms with E-state index in [1.54, 1.807) is 24.4 Å². The number of para-hydroxylation sites is 1. The molecular formula is C16H19FN6O. The maximum Gasteiger partial charge on any atom is 0.224 e. The minimum absolute atomic E-state index is 0.00900. The van der Waals surface area contributed by atoms with E-state index in [4.69, 9.17) is 5.11 Å². The van der Waals surface area contributed by atoms with Crippen LogP contribution in [0.15, 0.2) is 30.5 Å². The molecule has 3 N–H and O–H groups in total. The fourth-order valence-corrected chi connectivity index (χ4v) is 2.40. The number of aromatic nitrogens is 4. The van der Waals surface area contributed by atoms with Crippen LogP contribution >= 0.6 is 0 Å². The van der Waals surface area contributed by atoms with E-state index in [0.717, 1.165) is 0 Å². The average Bonchev–Trinajstić information content (AvgIpc) is 2.92. The van der Waals surface area contributed by atoms with Crippen LogP contribution in [0.1, 0.15) is 19.9 Å². The molecule has 0 saturated carbocycles. The lowest BCUT2D eigenvalue weighted by Crippen LogP contribution is -2.10. The van der Waals surface area contributed by atoms with Gasteiger partial charge in [0.05, 0.1) is 18.5 Å². The third-order valence-corrected chi connectivity index (χ3v) is 3.46. The summed E-state index contributed by atoms with van der Waals surface area (Å²) in [4.78, 5) is 13.1. The molecule has 0 atom stereocenters. The minimum Gasteiger partial charge on any atom is -0.395 e. The van der Waals surface area contributed by atoms with E-state index < -0.39 is 0 Å². The van der Waals surface area contributed by atoms with Crippen LogP contribution in [0.5, 0.6) is 0 Å². The number of anilines is 3. The molecule has 3 aromatic rings. The maximum absolute atomic E-state index is 13.9. The van der Waals surface area contributed by atoms with E-state index in [2.05, 4.69) is 25.6 Å². The molecule has 3 rings (SSSR count). The first-order valence-corrected chi connectivity index (χ1v) is 7.71. The van der Waals surface area contributed by atoms with Crippen LogP contribution in [-0.4, -0.2) is 37.8 Å². The van der Waals surface area contributed by atoms with Gasteiger partial charge < -0.3 is 15.7 Å². The molecule has 0 spiro atoms. The molecule has 126 valence electrons. The third kappa shape index (κ3) is 3.13. The smallest absolute Gasteiger partial charge is 0.224 e. The molecule has 0 fully saturated rings. The van der Waals surface area contributed by atoms with Gasteiger partial charge in [0.1, 0.15) is 11.3 Å². The Morgan fingerprint density at radius 1 is 1.25 bits per heavy atom. The van der Waals surface area contributed by atoms with Gasteiger partial charge in [-0.3, -0.25) is 4.57 Å². The molecule has 0 aliphatic rings. The summed E-state index contributed by atoms with van der Waals surface area (Å²) in [5, 5.41) is 14.8. The molecule has 0 amide bonds. The number of nitrogens with zero attached hydrogens (tertiary/aromatic N) is 4. The lowest BCUT2D eigenvalue weighted by atomic mass is 10.3. The second-order valence-electron chi connectivity index (χ2n) is 5.56. The lowest BCUT2D eigenvalue weighted by molar-refractivity contribution is 0.311. The average molecular weight is 330 g/mol. The molecule has 2 aromatic heterocycles. The second kappa shape index (κ2) is 6.79. The van der Waals surface area contributed by atoms with E-state index in [0.29, 0.717) is 35.3 Å². The summed E-state index contributed by atoms with van der Waals surface area (Å²) in [6, 6.07) is 6.49.